The Kier molecular flexibility index (Phi) is 3.10. The predicted molar refractivity (Wildman–Crippen MR) is 65.3 cm³/mol. The van der Waals surface area contributed by atoms with Gasteiger partial charge in [0.15, 0.2) is 0 Å². The molecule has 2 rings (SSSR count). The summed E-state index contributed by atoms with van der Waals surface area (Å²) in [5.41, 5.74) is 2.45. The molecule has 1 fully saturated rings. The van der Waals surface area contributed by atoms with E-state index in [1.807, 2.05) is 0 Å². The maximum atomic E-state index is 11.1. The highest BCUT2D eigenvalue weighted by Gasteiger charge is 2.16. The lowest BCUT2D eigenvalue weighted by Gasteiger charge is -2.28. The molecule has 1 saturated heterocycles. The molecular weight excluding hydrogens is 254 g/mol. The van der Waals surface area contributed by atoms with Crippen LogP contribution in [0.25, 0.3) is 0 Å². The average Bonchev–Trinajstić information content (AvgIpc) is 2.23. The third kappa shape index (κ3) is 2.40. The molecule has 0 aliphatic carbocycles. The number of anilines is 1. The Balaban J connectivity index is 2.16. The number of carbonyl (C=O) groups is 1. The third-order valence-electron chi connectivity index (χ3n) is 2.84. The number of hydrogen-bond donors (Lipinski definition) is 0. The first-order valence-electron chi connectivity index (χ1n) is 5.19. The normalized spacial score (nSPS) is 16.9. The molecule has 0 radical (unpaired) electrons. The summed E-state index contributed by atoms with van der Waals surface area (Å²) < 4.78 is 1.14. The van der Waals surface area contributed by atoms with E-state index in [4.69, 9.17) is 0 Å². The van der Waals surface area contributed by atoms with Gasteiger partial charge in [-0.15, -0.1) is 0 Å². The van der Waals surface area contributed by atoms with E-state index in [9.17, 15) is 4.79 Å². The molecule has 0 bridgehead atoms. The van der Waals surface area contributed by atoms with Crippen LogP contribution in [0.2, 0.25) is 0 Å². The first kappa shape index (κ1) is 10.7. The van der Waals surface area contributed by atoms with Crippen LogP contribution in [0, 0.1) is 6.92 Å². The van der Waals surface area contributed by atoms with Crippen LogP contribution in [-0.4, -0.2) is 18.9 Å². The highest BCUT2D eigenvalue weighted by atomic mass is 79.9. The van der Waals surface area contributed by atoms with Crippen LogP contribution in [0.5, 0.6) is 0 Å². The smallest absolute Gasteiger partial charge is 0.136 e. The minimum atomic E-state index is 0.387. The SMILES string of the molecule is Cc1ccc(N2CCC(=O)CC2)cc1Br. The minimum Gasteiger partial charge on any atom is -0.371 e. The van der Waals surface area contributed by atoms with Crippen molar-refractivity contribution in [3.8, 4) is 0 Å². The molecule has 15 heavy (non-hydrogen) atoms. The molecule has 0 spiro atoms. The molecule has 0 amide bonds. The van der Waals surface area contributed by atoms with Gasteiger partial charge in [-0.25, -0.2) is 0 Å². The van der Waals surface area contributed by atoms with Crippen LogP contribution in [0.15, 0.2) is 22.7 Å². The van der Waals surface area contributed by atoms with Crippen LogP contribution in [0.4, 0.5) is 5.69 Å². The van der Waals surface area contributed by atoms with Crippen LogP contribution in [0.3, 0.4) is 0 Å². The average molecular weight is 268 g/mol. The predicted octanol–water partition coefficient (Wildman–Crippen LogP) is 2.93. The van der Waals surface area contributed by atoms with Crippen molar-refractivity contribution in [2.45, 2.75) is 19.8 Å². The monoisotopic (exact) mass is 267 g/mol. The fraction of sp³-hybridized carbons (Fsp3) is 0.417. The minimum absolute atomic E-state index is 0.387. The van der Waals surface area contributed by atoms with Gasteiger partial charge in [0.2, 0.25) is 0 Å². The molecular formula is C12H14BrNO. The Hall–Kier alpha value is -0.830. The number of benzene rings is 1. The van der Waals surface area contributed by atoms with E-state index in [1.165, 1.54) is 11.3 Å². The summed E-state index contributed by atoms with van der Waals surface area (Å²) >= 11 is 3.53. The highest BCUT2D eigenvalue weighted by molar-refractivity contribution is 9.10. The molecule has 3 heteroatoms. The van der Waals surface area contributed by atoms with Crippen molar-refractivity contribution >= 4 is 27.4 Å². The van der Waals surface area contributed by atoms with Gasteiger partial charge in [0.25, 0.3) is 0 Å². The maximum absolute atomic E-state index is 11.1. The lowest BCUT2D eigenvalue weighted by atomic mass is 10.1. The zero-order valence-corrected chi connectivity index (χ0v) is 10.4. The summed E-state index contributed by atoms with van der Waals surface area (Å²) in [6, 6.07) is 6.36. The van der Waals surface area contributed by atoms with Gasteiger partial charge in [0.1, 0.15) is 5.78 Å². The van der Waals surface area contributed by atoms with Crippen molar-refractivity contribution < 1.29 is 4.79 Å². The Bertz CT molecular complexity index is 379. The molecule has 80 valence electrons. The van der Waals surface area contributed by atoms with E-state index in [0.717, 1.165) is 17.6 Å². The van der Waals surface area contributed by atoms with Gasteiger partial charge < -0.3 is 4.90 Å². The zero-order valence-electron chi connectivity index (χ0n) is 8.79. The molecule has 2 nitrogen and oxygen atoms in total. The highest BCUT2D eigenvalue weighted by Crippen LogP contribution is 2.25. The first-order valence-corrected chi connectivity index (χ1v) is 5.99. The number of hydrogen-bond acceptors (Lipinski definition) is 2. The number of rotatable bonds is 1. The van der Waals surface area contributed by atoms with E-state index < -0.39 is 0 Å². The van der Waals surface area contributed by atoms with Crippen molar-refractivity contribution in [2.75, 3.05) is 18.0 Å². The van der Waals surface area contributed by atoms with E-state index in [-0.39, 0.29) is 0 Å². The summed E-state index contributed by atoms with van der Waals surface area (Å²) in [4.78, 5) is 13.4. The third-order valence-corrected chi connectivity index (χ3v) is 3.70. The standard InChI is InChI=1S/C12H14BrNO/c1-9-2-3-10(8-12(9)13)14-6-4-11(15)5-7-14/h2-3,8H,4-7H2,1H3. The second-order valence-corrected chi connectivity index (χ2v) is 4.81. The lowest BCUT2D eigenvalue weighted by molar-refractivity contribution is -0.119. The Morgan fingerprint density at radius 2 is 1.93 bits per heavy atom. The number of halogens is 1. The van der Waals surface area contributed by atoms with Gasteiger partial charge >= 0.3 is 0 Å². The molecule has 0 saturated carbocycles. The lowest BCUT2D eigenvalue weighted by Crippen LogP contribution is -2.33. The van der Waals surface area contributed by atoms with Crippen LogP contribution in [0.1, 0.15) is 18.4 Å². The summed E-state index contributed by atoms with van der Waals surface area (Å²) in [5.74, 6) is 0.387. The maximum Gasteiger partial charge on any atom is 0.136 e. The Morgan fingerprint density at radius 1 is 1.27 bits per heavy atom. The molecule has 0 atom stereocenters. The zero-order chi connectivity index (χ0) is 10.8. The molecule has 1 aliphatic heterocycles. The summed E-state index contributed by atoms with van der Waals surface area (Å²) in [7, 11) is 0. The summed E-state index contributed by atoms with van der Waals surface area (Å²) in [6.07, 6.45) is 1.37. The van der Waals surface area contributed by atoms with Crippen LogP contribution in [-0.2, 0) is 4.79 Å². The fourth-order valence-electron chi connectivity index (χ4n) is 1.79. The number of piperidine rings is 1. The molecule has 1 heterocycles. The summed E-state index contributed by atoms with van der Waals surface area (Å²) in [5, 5.41) is 0. The topological polar surface area (TPSA) is 20.3 Å². The van der Waals surface area contributed by atoms with Crippen LogP contribution < -0.4 is 4.90 Å². The Morgan fingerprint density at radius 3 is 2.53 bits per heavy atom. The van der Waals surface area contributed by atoms with Gasteiger partial charge in [-0.1, -0.05) is 22.0 Å². The van der Waals surface area contributed by atoms with E-state index in [1.54, 1.807) is 0 Å². The van der Waals surface area contributed by atoms with E-state index >= 15 is 0 Å². The van der Waals surface area contributed by atoms with Crippen molar-refractivity contribution in [1.29, 1.82) is 0 Å². The number of Topliss-reactive ketones (excluding diaryl/α,β-unsaturated/α-hetero) is 1. The number of nitrogens with zero attached hydrogens (tertiary/aromatic N) is 1. The van der Waals surface area contributed by atoms with Gasteiger partial charge in [0.05, 0.1) is 0 Å². The quantitative estimate of drug-likeness (QED) is 0.780. The molecule has 0 N–H and O–H groups in total. The van der Waals surface area contributed by atoms with Crippen molar-refractivity contribution in [2.24, 2.45) is 0 Å². The van der Waals surface area contributed by atoms with E-state index in [2.05, 4.69) is 46.0 Å². The second kappa shape index (κ2) is 4.35. The number of aryl methyl sites for hydroxylation is 1. The largest absolute Gasteiger partial charge is 0.371 e. The number of ketones is 1. The van der Waals surface area contributed by atoms with Crippen molar-refractivity contribution in [1.82, 2.24) is 0 Å². The summed E-state index contributed by atoms with van der Waals surface area (Å²) in [6.45, 7) is 3.79. The van der Waals surface area contributed by atoms with Crippen molar-refractivity contribution in [3.63, 3.8) is 0 Å². The van der Waals surface area contributed by atoms with Gasteiger partial charge in [0, 0.05) is 36.1 Å². The van der Waals surface area contributed by atoms with Gasteiger partial charge in [-0.2, -0.15) is 0 Å². The second-order valence-electron chi connectivity index (χ2n) is 3.96. The molecule has 0 unspecified atom stereocenters. The Labute approximate surface area is 98.4 Å². The molecule has 1 aromatic carbocycles. The first-order chi connectivity index (χ1) is 7.16. The van der Waals surface area contributed by atoms with Gasteiger partial charge in [-0.05, 0) is 24.6 Å². The van der Waals surface area contributed by atoms with Gasteiger partial charge in [-0.3, -0.25) is 4.79 Å². The molecule has 0 aromatic heterocycles. The van der Waals surface area contributed by atoms with E-state index in [0.29, 0.717) is 18.6 Å². The fourth-order valence-corrected chi connectivity index (χ4v) is 2.16. The molecule has 1 aliphatic rings. The van der Waals surface area contributed by atoms with Crippen LogP contribution >= 0.6 is 15.9 Å². The number of carbonyl (C=O) groups excluding carboxylic acids is 1. The molecule has 1 aromatic rings. The van der Waals surface area contributed by atoms with Crippen molar-refractivity contribution in [3.05, 3.63) is 28.2 Å².